The number of nitrogens with zero attached hydrogens (tertiary/aromatic N) is 1. The van der Waals surface area contributed by atoms with E-state index in [4.69, 9.17) is 4.74 Å². The predicted molar refractivity (Wildman–Crippen MR) is 70.0 cm³/mol. The zero-order chi connectivity index (χ0) is 14.3. The molecule has 0 spiro atoms. The molecule has 108 valence electrons. The van der Waals surface area contributed by atoms with Gasteiger partial charge in [0.2, 0.25) is 0 Å². The Kier molecular flexibility index (Phi) is 6.35. The molecule has 1 aliphatic rings. The number of ether oxygens (including phenoxy) is 1. The minimum Gasteiger partial charge on any atom is -0.465 e. The Morgan fingerprint density at radius 3 is 2.84 bits per heavy atom. The number of urea groups is 1. The van der Waals surface area contributed by atoms with E-state index in [0.717, 1.165) is 19.3 Å². The number of hydrogen-bond donors (Lipinski definition) is 2. The van der Waals surface area contributed by atoms with Gasteiger partial charge in [-0.2, -0.15) is 0 Å². The van der Waals surface area contributed by atoms with Crippen molar-refractivity contribution in [3.63, 3.8) is 0 Å². The first-order chi connectivity index (χ1) is 9.02. The summed E-state index contributed by atoms with van der Waals surface area (Å²) in [7, 11) is 0. The van der Waals surface area contributed by atoms with Crippen LogP contribution in [0.3, 0.4) is 0 Å². The number of carbonyl (C=O) groups is 2. The lowest BCUT2D eigenvalue weighted by molar-refractivity contribution is -0.147. The second-order valence-corrected chi connectivity index (χ2v) is 4.80. The van der Waals surface area contributed by atoms with Crippen molar-refractivity contribution in [1.82, 2.24) is 10.2 Å². The van der Waals surface area contributed by atoms with E-state index in [1.54, 1.807) is 13.8 Å². The van der Waals surface area contributed by atoms with Crippen LogP contribution < -0.4 is 5.32 Å². The molecule has 1 atom stereocenters. The van der Waals surface area contributed by atoms with Crippen molar-refractivity contribution in [1.29, 1.82) is 0 Å². The van der Waals surface area contributed by atoms with E-state index in [9.17, 15) is 14.7 Å². The van der Waals surface area contributed by atoms with E-state index < -0.39 is 6.23 Å². The van der Waals surface area contributed by atoms with Crippen LogP contribution in [0.5, 0.6) is 0 Å². The largest absolute Gasteiger partial charge is 0.465 e. The second-order valence-electron chi connectivity index (χ2n) is 4.80. The molecule has 2 amide bonds. The Labute approximate surface area is 113 Å². The van der Waals surface area contributed by atoms with Crippen molar-refractivity contribution < 1.29 is 19.4 Å². The lowest BCUT2D eigenvalue weighted by Crippen LogP contribution is -2.47. The van der Waals surface area contributed by atoms with E-state index in [2.05, 4.69) is 5.32 Å². The van der Waals surface area contributed by atoms with Crippen molar-refractivity contribution >= 4 is 12.0 Å². The lowest BCUT2D eigenvalue weighted by atomic mass is 10.2. The summed E-state index contributed by atoms with van der Waals surface area (Å²) in [6, 6.07) is -0.291. The molecule has 2 N–H and O–H groups in total. The molecule has 0 bridgehead atoms. The van der Waals surface area contributed by atoms with Crippen LogP contribution in [0.25, 0.3) is 0 Å². The monoisotopic (exact) mass is 270 g/mol. The van der Waals surface area contributed by atoms with Gasteiger partial charge in [-0.3, -0.25) is 9.69 Å². The first-order valence-corrected chi connectivity index (χ1v) is 6.61. The fourth-order valence-corrected chi connectivity index (χ4v) is 1.65. The van der Waals surface area contributed by atoms with Crippen LogP contribution in [0.2, 0.25) is 0 Å². The number of nitrogens with one attached hydrogen (secondary N) is 1. The van der Waals surface area contributed by atoms with E-state index >= 15 is 0 Å². The maximum atomic E-state index is 11.4. The average Bonchev–Trinajstić information content (AvgIpc) is 2.36. The van der Waals surface area contributed by atoms with Gasteiger partial charge in [0.1, 0.15) is 0 Å². The van der Waals surface area contributed by atoms with Crippen LogP contribution in [-0.2, 0) is 9.53 Å². The molecule has 1 unspecified atom stereocenters. The highest BCUT2D eigenvalue weighted by atomic mass is 16.5. The number of aliphatic hydroxyl groups is 1. The van der Waals surface area contributed by atoms with E-state index in [0.29, 0.717) is 13.2 Å². The van der Waals surface area contributed by atoms with Crippen LogP contribution in [0.15, 0.2) is 12.3 Å². The van der Waals surface area contributed by atoms with Crippen LogP contribution in [0.1, 0.15) is 33.1 Å². The summed E-state index contributed by atoms with van der Waals surface area (Å²) in [5.41, 5.74) is 0. The Morgan fingerprint density at radius 2 is 2.21 bits per heavy atom. The van der Waals surface area contributed by atoms with Gasteiger partial charge in [-0.15, -0.1) is 0 Å². The zero-order valence-electron chi connectivity index (χ0n) is 11.5. The first kappa shape index (κ1) is 15.5. The number of hydrogen-bond acceptors (Lipinski definition) is 4. The summed E-state index contributed by atoms with van der Waals surface area (Å²) in [6.45, 7) is 4.49. The molecule has 19 heavy (non-hydrogen) atoms. The molecule has 0 aromatic carbocycles. The number of unbranched alkanes of at least 4 members (excludes halogenated alkanes) is 2. The number of carbonyl (C=O) groups excluding carboxylic acids is 2. The normalized spacial score (nSPS) is 18.6. The molecule has 1 aliphatic heterocycles. The summed E-state index contributed by atoms with van der Waals surface area (Å²) in [6.07, 6.45) is 4.47. The van der Waals surface area contributed by atoms with Crippen molar-refractivity contribution in [3.05, 3.63) is 12.3 Å². The topological polar surface area (TPSA) is 78.9 Å². The van der Waals surface area contributed by atoms with E-state index in [1.165, 1.54) is 17.2 Å². The third-order valence-electron chi connectivity index (χ3n) is 2.81. The average molecular weight is 270 g/mol. The number of rotatable bonds is 7. The molecular formula is C13H22N2O4. The molecule has 0 aromatic rings. The molecule has 6 nitrogen and oxygen atoms in total. The van der Waals surface area contributed by atoms with Gasteiger partial charge in [-0.1, -0.05) is 13.8 Å². The van der Waals surface area contributed by atoms with Gasteiger partial charge < -0.3 is 15.2 Å². The minimum atomic E-state index is -0.854. The van der Waals surface area contributed by atoms with Crippen LogP contribution in [0, 0.1) is 5.92 Å². The number of amides is 2. The predicted octanol–water partition coefficient (Wildman–Crippen LogP) is 1.21. The third-order valence-corrected chi connectivity index (χ3v) is 2.81. The van der Waals surface area contributed by atoms with E-state index in [1.807, 2.05) is 0 Å². The molecular weight excluding hydrogens is 248 g/mol. The highest BCUT2D eigenvalue weighted by molar-refractivity contribution is 5.76. The van der Waals surface area contributed by atoms with Crippen LogP contribution >= 0.6 is 0 Å². The Hall–Kier alpha value is -1.56. The number of esters is 1. The highest BCUT2D eigenvalue weighted by Gasteiger charge is 2.21. The Morgan fingerprint density at radius 1 is 1.47 bits per heavy atom. The van der Waals surface area contributed by atoms with Gasteiger partial charge in [0, 0.05) is 12.7 Å². The molecule has 0 aliphatic carbocycles. The molecule has 1 rings (SSSR count). The number of aliphatic hydroxyl groups excluding tert-OH is 1. The van der Waals surface area contributed by atoms with Gasteiger partial charge in [0.05, 0.1) is 12.5 Å². The van der Waals surface area contributed by atoms with Crippen molar-refractivity contribution in [2.75, 3.05) is 13.2 Å². The minimum absolute atomic E-state index is 0.0982. The molecule has 0 fully saturated rings. The summed E-state index contributed by atoms with van der Waals surface area (Å²) >= 11 is 0. The maximum Gasteiger partial charge on any atom is 0.323 e. The van der Waals surface area contributed by atoms with Gasteiger partial charge in [-0.05, 0) is 25.3 Å². The van der Waals surface area contributed by atoms with Gasteiger partial charge in [0.15, 0.2) is 6.23 Å². The quantitative estimate of drug-likeness (QED) is 0.538. The van der Waals surface area contributed by atoms with E-state index in [-0.39, 0.29) is 17.9 Å². The summed E-state index contributed by atoms with van der Waals surface area (Å²) in [5.74, 6) is -0.282. The van der Waals surface area contributed by atoms with Gasteiger partial charge >= 0.3 is 12.0 Å². The van der Waals surface area contributed by atoms with Gasteiger partial charge in [-0.25, -0.2) is 4.79 Å². The summed E-state index contributed by atoms with van der Waals surface area (Å²) in [5, 5.41) is 12.1. The van der Waals surface area contributed by atoms with Crippen molar-refractivity contribution in [2.45, 2.75) is 39.3 Å². The van der Waals surface area contributed by atoms with Crippen LogP contribution in [-0.4, -0.2) is 41.4 Å². The summed E-state index contributed by atoms with van der Waals surface area (Å²) < 4.78 is 5.05. The Balaban J connectivity index is 2.09. The smallest absolute Gasteiger partial charge is 0.323 e. The lowest BCUT2D eigenvalue weighted by Gasteiger charge is -2.28. The fraction of sp³-hybridized carbons (Fsp3) is 0.692. The highest BCUT2D eigenvalue weighted by Crippen LogP contribution is 2.07. The second kappa shape index (κ2) is 7.78. The first-order valence-electron chi connectivity index (χ1n) is 6.61. The molecule has 0 saturated heterocycles. The van der Waals surface area contributed by atoms with Crippen LogP contribution in [0.4, 0.5) is 4.79 Å². The Bertz CT molecular complexity index is 342. The molecule has 0 saturated carbocycles. The molecule has 0 aromatic heterocycles. The van der Waals surface area contributed by atoms with Crippen molar-refractivity contribution in [2.24, 2.45) is 5.92 Å². The SMILES string of the molecule is CC(C)C(=O)OCCCCCN1C(=O)NC=CC1O. The van der Waals surface area contributed by atoms with Crippen molar-refractivity contribution in [3.8, 4) is 0 Å². The summed E-state index contributed by atoms with van der Waals surface area (Å²) in [4.78, 5) is 24.0. The fourth-order valence-electron chi connectivity index (χ4n) is 1.65. The maximum absolute atomic E-state index is 11.4. The standard InChI is InChI=1S/C13H22N2O4/c1-10(2)12(17)19-9-5-3-4-8-15-11(16)6-7-14-13(15)18/h6-7,10-11,16H,3-5,8-9H2,1-2H3,(H,14,18). The molecule has 6 heteroatoms. The molecule has 0 radical (unpaired) electrons. The zero-order valence-corrected chi connectivity index (χ0v) is 11.5. The third kappa shape index (κ3) is 5.30. The van der Waals surface area contributed by atoms with Gasteiger partial charge in [0.25, 0.3) is 0 Å². The molecule has 1 heterocycles.